The molecule has 0 N–H and O–H groups in total. The number of nitrogens with zero attached hydrogens (tertiary/aromatic N) is 4. The quantitative estimate of drug-likeness (QED) is 0.679. The molecule has 1 aliphatic rings. The van der Waals surface area contributed by atoms with Gasteiger partial charge in [-0.25, -0.2) is 4.98 Å². The van der Waals surface area contributed by atoms with Gasteiger partial charge in [0.1, 0.15) is 0 Å². The number of amides is 1. The minimum atomic E-state index is -0.0889. The number of carbonyl (C=O) groups is 1. The Bertz CT molecular complexity index is 975. The number of hydrogen-bond donors (Lipinski definition) is 0. The van der Waals surface area contributed by atoms with E-state index in [1.165, 1.54) is 16.5 Å². The Morgan fingerprint density at radius 3 is 2.70 bits per heavy atom. The highest BCUT2D eigenvalue weighted by atomic mass is 32.1. The average Bonchev–Trinajstić information content (AvgIpc) is 3.21. The molecule has 1 fully saturated rings. The van der Waals surface area contributed by atoms with Crippen LogP contribution in [0.4, 0.5) is 0 Å². The third kappa shape index (κ3) is 4.09. The zero-order valence-electron chi connectivity index (χ0n) is 15.1. The number of fused-ring (bicyclic) bond motifs is 1. The molecule has 1 amide bonds. The number of rotatable bonds is 5. The molecule has 0 aliphatic carbocycles. The van der Waals surface area contributed by atoms with E-state index in [9.17, 15) is 9.59 Å². The topological polar surface area (TPSA) is 58.4 Å². The highest BCUT2D eigenvalue weighted by Crippen LogP contribution is 2.12. The lowest BCUT2D eigenvalue weighted by Gasteiger charge is -2.34. The summed E-state index contributed by atoms with van der Waals surface area (Å²) < 4.78 is 1.53. The maximum absolute atomic E-state index is 12.5. The fourth-order valence-corrected chi connectivity index (χ4v) is 4.10. The second kappa shape index (κ2) is 8.02. The van der Waals surface area contributed by atoms with Crippen LogP contribution in [0.25, 0.3) is 10.9 Å². The van der Waals surface area contributed by atoms with Gasteiger partial charge in [-0.15, -0.1) is 0 Å². The summed E-state index contributed by atoms with van der Waals surface area (Å²) in [6.45, 7) is 4.58. The van der Waals surface area contributed by atoms with E-state index in [1.807, 2.05) is 23.1 Å². The van der Waals surface area contributed by atoms with Crippen LogP contribution in [0.15, 0.2) is 52.2 Å². The van der Waals surface area contributed by atoms with Crippen LogP contribution in [0.2, 0.25) is 0 Å². The first-order valence-corrected chi connectivity index (χ1v) is 10.1. The predicted octanol–water partition coefficient (Wildman–Crippen LogP) is 2.19. The molecule has 0 atom stereocenters. The molecule has 1 aliphatic heterocycles. The number of aromatic nitrogens is 2. The van der Waals surface area contributed by atoms with Crippen LogP contribution in [0.5, 0.6) is 0 Å². The Labute approximate surface area is 161 Å². The lowest BCUT2D eigenvalue weighted by molar-refractivity contribution is -0.133. The minimum Gasteiger partial charge on any atom is -0.340 e. The van der Waals surface area contributed by atoms with Gasteiger partial charge in [0.05, 0.1) is 17.2 Å². The van der Waals surface area contributed by atoms with Crippen LogP contribution in [0.1, 0.15) is 12.0 Å². The standard InChI is InChI=1S/C20H22N4O2S/c25-19(23-10-8-22(9-11-23)13-16-6-12-27-14-16)5-7-24-15-21-18-4-2-1-3-17(18)20(24)26/h1-4,6,12,14-15H,5,7-11,13H2. The second-order valence-corrected chi connectivity index (χ2v) is 7.58. The van der Waals surface area contributed by atoms with Crippen LogP contribution < -0.4 is 5.56 Å². The number of piperazine rings is 1. The molecular formula is C20H22N4O2S. The normalized spacial score (nSPS) is 15.3. The second-order valence-electron chi connectivity index (χ2n) is 6.80. The molecule has 3 aromatic rings. The first-order chi connectivity index (χ1) is 13.2. The third-order valence-electron chi connectivity index (χ3n) is 5.01. The van der Waals surface area contributed by atoms with Gasteiger partial charge in [0.2, 0.25) is 5.91 Å². The van der Waals surface area contributed by atoms with Gasteiger partial charge in [-0.3, -0.25) is 19.1 Å². The van der Waals surface area contributed by atoms with Crippen molar-refractivity contribution in [3.8, 4) is 0 Å². The molecule has 2 aromatic heterocycles. The third-order valence-corrected chi connectivity index (χ3v) is 5.74. The summed E-state index contributed by atoms with van der Waals surface area (Å²) in [6.07, 6.45) is 1.86. The van der Waals surface area contributed by atoms with Gasteiger partial charge < -0.3 is 4.90 Å². The lowest BCUT2D eigenvalue weighted by Crippen LogP contribution is -2.48. The maximum atomic E-state index is 12.5. The Morgan fingerprint density at radius 1 is 1.11 bits per heavy atom. The largest absolute Gasteiger partial charge is 0.340 e. The van der Waals surface area contributed by atoms with Crippen molar-refractivity contribution >= 4 is 28.1 Å². The van der Waals surface area contributed by atoms with Gasteiger partial charge in [-0.1, -0.05) is 12.1 Å². The Morgan fingerprint density at radius 2 is 1.93 bits per heavy atom. The zero-order chi connectivity index (χ0) is 18.6. The van der Waals surface area contributed by atoms with Crippen molar-refractivity contribution in [3.05, 3.63) is 63.3 Å². The lowest BCUT2D eigenvalue weighted by atomic mass is 10.2. The Kier molecular flexibility index (Phi) is 5.31. The molecule has 1 aromatic carbocycles. The Balaban J connectivity index is 1.31. The monoisotopic (exact) mass is 382 g/mol. The summed E-state index contributed by atoms with van der Waals surface area (Å²) in [5.41, 5.74) is 1.93. The van der Waals surface area contributed by atoms with Crippen LogP contribution in [0.3, 0.4) is 0 Å². The summed E-state index contributed by atoms with van der Waals surface area (Å²) in [5, 5.41) is 4.86. The highest BCUT2D eigenvalue weighted by molar-refractivity contribution is 7.07. The summed E-state index contributed by atoms with van der Waals surface area (Å²) in [7, 11) is 0. The van der Waals surface area contributed by atoms with Crippen molar-refractivity contribution in [2.45, 2.75) is 19.5 Å². The first-order valence-electron chi connectivity index (χ1n) is 9.16. The summed E-state index contributed by atoms with van der Waals surface area (Å²) in [6, 6.07) is 9.44. The van der Waals surface area contributed by atoms with Gasteiger partial charge in [-0.05, 0) is 34.5 Å². The fraction of sp³-hybridized carbons (Fsp3) is 0.350. The van der Waals surface area contributed by atoms with Gasteiger partial charge in [-0.2, -0.15) is 11.3 Å². The number of benzene rings is 1. The smallest absolute Gasteiger partial charge is 0.261 e. The van der Waals surface area contributed by atoms with Crippen molar-refractivity contribution in [2.75, 3.05) is 26.2 Å². The predicted molar refractivity (Wildman–Crippen MR) is 107 cm³/mol. The van der Waals surface area contributed by atoms with Gasteiger partial charge in [0, 0.05) is 45.7 Å². The van der Waals surface area contributed by atoms with E-state index < -0.39 is 0 Å². The van der Waals surface area contributed by atoms with E-state index in [4.69, 9.17) is 0 Å². The van der Waals surface area contributed by atoms with E-state index in [0.717, 1.165) is 32.7 Å². The fourth-order valence-electron chi connectivity index (χ4n) is 3.44. The molecule has 0 unspecified atom stereocenters. The number of para-hydroxylation sites is 1. The summed E-state index contributed by atoms with van der Waals surface area (Å²) in [4.78, 5) is 33.6. The van der Waals surface area contributed by atoms with E-state index >= 15 is 0 Å². The molecule has 7 heteroatoms. The molecule has 0 saturated carbocycles. The van der Waals surface area contributed by atoms with E-state index in [2.05, 4.69) is 26.7 Å². The SMILES string of the molecule is O=C(CCn1cnc2ccccc2c1=O)N1CCN(Cc2ccsc2)CC1. The molecule has 4 rings (SSSR count). The molecule has 140 valence electrons. The summed E-state index contributed by atoms with van der Waals surface area (Å²) >= 11 is 1.72. The van der Waals surface area contributed by atoms with Crippen molar-refractivity contribution in [3.63, 3.8) is 0 Å². The van der Waals surface area contributed by atoms with Gasteiger partial charge in [0.25, 0.3) is 5.56 Å². The Hall–Kier alpha value is -2.51. The molecular weight excluding hydrogens is 360 g/mol. The number of hydrogen-bond acceptors (Lipinski definition) is 5. The van der Waals surface area contributed by atoms with Crippen molar-refractivity contribution < 1.29 is 4.79 Å². The molecule has 0 radical (unpaired) electrons. The van der Waals surface area contributed by atoms with E-state index in [1.54, 1.807) is 17.4 Å². The first kappa shape index (κ1) is 17.9. The molecule has 1 saturated heterocycles. The summed E-state index contributed by atoms with van der Waals surface area (Å²) in [5.74, 6) is 0.102. The molecule has 0 bridgehead atoms. The molecule has 0 spiro atoms. The molecule has 27 heavy (non-hydrogen) atoms. The van der Waals surface area contributed by atoms with Crippen LogP contribution >= 0.6 is 11.3 Å². The van der Waals surface area contributed by atoms with Crippen molar-refractivity contribution in [1.82, 2.24) is 19.4 Å². The molecule has 3 heterocycles. The van der Waals surface area contributed by atoms with Crippen LogP contribution in [-0.2, 0) is 17.9 Å². The number of thiophene rings is 1. The average molecular weight is 382 g/mol. The van der Waals surface area contributed by atoms with Crippen molar-refractivity contribution in [2.24, 2.45) is 0 Å². The highest BCUT2D eigenvalue weighted by Gasteiger charge is 2.21. The van der Waals surface area contributed by atoms with Crippen LogP contribution in [0, 0.1) is 0 Å². The van der Waals surface area contributed by atoms with Crippen LogP contribution in [-0.4, -0.2) is 51.4 Å². The van der Waals surface area contributed by atoms with E-state index in [-0.39, 0.29) is 11.5 Å². The van der Waals surface area contributed by atoms with E-state index in [0.29, 0.717) is 23.9 Å². The van der Waals surface area contributed by atoms with Gasteiger partial charge in [0.15, 0.2) is 0 Å². The number of carbonyl (C=O) groups excluding carboxylic acids is 1. The van der Waals surface area contributed by atoms with Gasteiger partial charge >= 0.3 is 0 Å². The molecule has 6 nitrogen and oxygen atoms in total. The minimum absolute atomic E-state index is 0.0889. The maximum Gasteiger partial charge on any atom is 0.261 e. The van der Waals surface area contributed by atoms with Crippen molar-refractivity contribution in [1.29, 1.82) is 0 Å². The zero-order valence-corrected chi connectivity index (χ0v) is 15.9. The number of aryl methyl sites for hydroxylation is 1.